The third-order valence-electron chi connectivity index (χ3n) is 3.42. The van der Waals surface area contributed by atoms with Crippen molar-refractivity contribution in [3.8, 4) is 5.75 Å². The molecule has 1 aromatic rings. The van der Waals surface area contributed by atoms with Gasteiger partial charge in [0.05, 0.1) is 5.37 Å². The smallest absolute Gasteiger partial charge is 0.327 e. The highest BCUT2D eigenvalue weighted by molar-refractivity contribution is 8.00. The molecule has 0 aromatic heterocycles. The minimum atomic E-state index is -0.988. The summed E-state index contributed by atoms with van der Waals surface area (Å²) in [7, 11) is 0. The molecule has 0 spiro atoms. The molecule has 0 bridgehead atoms. The number of nitrogens with zero attached hydrogens (tertiary/aromatic N) is 1. The maximum atomic E-state index is 12.5. The van der Waals surface area contributed by atoms with Gasteiger partial charge in [0.25, 0.3) is 5.91 Å². The van der Waals surface area contributed by atoms with Crippen molar-refractivity contribution in [2.24, 2.45) is 0 Å². The van der Waals surface area contributed by atoms with E-state index < -0.39 is 12.0 Å². The van der Waals surface area contributed by atoms with Crippen LogP contribution in [0.5, 0.6) is 5.75 Å². The first-order valence-corrected chi connectivity index (χ1v) is 7.47. The molecule has 0 aliphatic carbocycles. The highest BCUT2D eigenvalue weighted by Crippen LogP contribution is 2.33. The van der Waals surface area contributed by atoms with E-state index in [1.54, 1.807) is 19.1 Å². The summed E-state index contributed by atoms with van der Waals surface area (Å²) in [6.07, 6.45) is 0.692. The molecule has 5 nitrogen and oxygen atoms in total. The van der Waals surface area contributed by atoms with Gasteiger partial charge in [-0.3, -0.25) is 4.79 Å². The lowest BCUT2D eigenvalue weighted by molar-refractivity contribution is -0.141. The molecule has 2 N–H and O–H groups in total. The number of aryl methyl sites for hydroxylation is 1. The van der Waals surface area contributed by atoms with Crippen LogP contribution in [-0.4, -0.2) is 44.2 Å². The van der Waals surface area contributed by atoms with Crippen molar-refractivity contribution in [3.63, 3.8) is 0 Å². The summed E-state index contributed by atoms with van der Waals surface area (Å²) in [5.74, 6) is -0.887. The summed E-state index contributed by atoms with van der Waals surface area (Å²) in [4.78, 5) is 25.2. The minimum Gasteiger partial charge on any atom is -0.508 e. The van der Waals surface area contributed by atoms with E-state index >= 15 is 0 Å². The van der Waals surface area contributed by atoms with Crippen LogP contribution >= 0.6 is 11.8 Å². The van der Waals surface area contributed by atoms with Crippen LogP contribution in [-0.2, 0) is 4.79 Å². The molecule has 2 atom stereocenters. The second-order valence-corrected chi connectivity index (χ2v) is 5.97. The van der Waals surface area contributed by atoms with E-state index in [2.05, 4.69) is 0 Å². The zero-order chi connectivity index (χ0) is 14.9. The van der Waals surface area contributed by atoms with Gasteiger partial charge in [0.15, 0.2) is 0 Å². The van der Waals surface area contributed by atoms with E-state index in [9.17, 15) is 19.8 Å². The van der Waals surface area contributed by atoms with Crippen molar-refractivity contribution < 1.29 is 19.8 Å². The summed E-state index contributed by atoms with van der Waals surface area (Å²) < 4.78 is 0. The number of hydrogen-bond acceptors (Lipinski definition) is 4. The van der Waals surface area contributed by atoms with Crippen LogP contribution in [0.15, 0.2) is 18.2 Å². The highest BCUT2D eigenvalue weighted by Gasteiger charge is 2.41. The van der Waals surface area contributed by atoms with Crippen molar-refractivity contribution >= 4 is 23.6 Å². The number of carbonyl (C=O) groups is 2. The SMILES string of the molecule is CCC1SCC(C(=O)O)N1C(=O)c1ccc(C)c(O)c1. The Balaban J connectivity index is 2.33. The number of amides is 1. The fraction of sp³-hybridized carbons (Fsp3) is 0.429. The number of thioether (sulfide) groups is 1. The van der Waals surface area contributed by atoms with Gasteiger partial charge in [-0.05, 0) is 31.0 Å². The van der Waals surface area contributed by atoms with Crippen molar-refractivity contribution in [3.05, 3.63) is 29.3 Å². The van der Waals surface area contributed by atoms with Crippen LogP contribution in [0.4, 0.5) is 0 Å². The lowest BCUT2D eigenvalue weighted by Gasteiger charge is -2.26. The molecule has 1 aromatic carbocycles. The maximum absolute atomic E-state index is 12.5. The molecule has 0 radical (unpaired) electrons. The lowest BCUT2D eigenvalue weighted by Crippen LogP contribution is -2.45. The zero-order valence-corrected chi connectivity index (χ0v) is 12.2. The normalized spacial score (nSPS) is 22.0. The van der Waals surface area contributed by atoms with E-state index in [0.717, 1.165) is 0 Å². The number of carboxylic acids is 1. The molecule has 1 aliphatic rings. The van der Waals surface area contributed by atoms with Crippen molar-refractivity contribution in [1.82, 2.24) is 4.90 Å². The van der Waals surface area contributed by atoms with E-state index in [-0.39, 0.29) is 17.0 Å². The van der Waals surface area contributed by atoms with Crippen molar-refractivity contribution in [1.29, 1.82) is 0 Å². The van der Waals surface area contributed by atoms with Crippen LogP contribution in [0.2, 0.25) is 0 Å². The molecule has 6 heteroatoms. The molecule has 108 valence electrons. The van der Waals surface area contributed by atoms with Gasteiger partial charge in [0, 0.05) is 11.3 Å². The largest absolute Gasteiger partial charge is 0.508 e. The standard InChI is InChI=1S/C14H17NO4S/c1-3-12-15(10(7-20-12)14(18)19)13(17)9-5-4-8(2)11(16)6-9/h4-6,10,12,16H,3,7H2,1-2H3,(H,18,19). The zero-order valence-electron chi connectivity index (χ0n) is 11.4. The van der Waals surface area contributed by atoms with E-state index in [0.29, 0.717) is 23.3 Å². The molecule has 1 saturated heterocycles. The number of aliphatic carboxylic acids is 1. The van der Waals surface area contributed by atoms with Gasteiger partial charge in [-0.1, -0.05) is 13.0 Å². The van der Waals surface area contributed by atoms with Crippen LogP contribution in [0.1, 0.15) is 29.3 Å². The van der Waals surface area contributed by atoms with Gasteiger partial charge in [-0.25, -0.2) is 4.79 Å². The number of rotatable bonds is 3. The molecule has 1 amide bonds. The Morgan fingerprint density at radius 2 is 2.15 bits per heavy atom. The molecule has 0 saturated carbocycles. The Morgan fingerprint density at radius 3 is 2.70 bits per heavy atom. The minimum absolute atomic E-state index is 0.0441. The molecule has 1 aliphatic heterocycles. The summed E-state index contributed by atoms with van der Waals surface area (Å²) >= 11 is 1.48. The van der Waals surface area contributed by atoms with Gasteiger partial charge in [0.2, 0.25) is 0 Å². The second kappa shape index (κ2) is 5.75. The molecule has 2 rings (SSSR count). The average molecular weight is 295 g/mol. The Kier molecular flexibility index (Phi) is 4.23. The highest BCUT2D eigenvalue weighted by atomic mass is 32.2. The first-order chi connectivity index (χ1) is 9.45. The number of carbonyl (C=O) groups excluding carboxylic acids is 1. The second-order valence-electron chi connectivity index (χ2n) is 4.76. The van der Waals surface area contributed by atoms with E-state index in [4.69, 9.17) is 0 Å². The fourth-order valence-corrected chi connectivity index (χ4v) is 3.58. The predicted octanol–water partition coefficient (Wildman–Crippen LogP) is 2.08. The van der Waals surface area contributed by atoms with Crippen LogP contribution in [0, 0.1) is 6.92 Å². The summed E-state index contributed by atoms with van der Waals surface area (Å²) in [5, 5.41) is 18.8. The number of benzene rings is 1. The summed E-state index contributed by atoms with van der Waals surface area (Å²) in [5.41, 5.74) is 1.000. The third-order valence-corrected chi connectivity index (χ3v) is 4.87. The molecule has 1 heterocycles. The van der Waals surface area contributed by atoms with Crippen LogP contribution in [0.25, 0.3) is 0 Å². The average Bonchev–Trinajstić information content (AvgIpc) is 2.85. The van der Waals surface area contributed by atoms with Crippen molar-refractivity contribution in [2.75, 3.05) is 5.75 Å². The quantitative estimate of drug-likeness (QED) is 0.892. The third kappa shape index (κ3) is 2.60. The Bertz CT molecular complexity index is 546. The van der Waals surface area contributed by atoms with E-state index in [1.807, 2.05) is 6.92 Å². The van der Waals surface area contributed by atoms with Gasteiger partial charge < -0.3 is 15.1 Å². The summed E-state index contributed by atoms with van der Waals surface area (Å²) in [6, 6.07) is 3.86. The topological polar surface area (TPSA) is 77.8 Å². The molecular weight excluding hydrogens is 278 g/mol. The van der Waals surface area contributed by atoms with Gasteiger partial charge >= 0.3 is 5.97 Å². The summed E-state index contributed by atoms with van der Waals surface area (Å²) in [6.45, 7) is 3.67. The number of hydrogen-bond donors (Lipinski definition) is 2. The maximum Gasteiger partial charge on any atom is 0.327 e. The molecular formula is C14H17NO4S. The number of carboxylic acid groups (broad SMARTS) is 1. The monoisotopic (exact) mass is 295 g/mol. The van der Waals surface area contributed by atoms with Gasteiger partial charge in [0.1, 0.15) is 11.8 Å². The first-order valence-electron chi connectivity index (χ1n) is 6.42. The molecule has 2 unspecified atom stereocenters. The Morgan fingerprint density at radius 1 is 1.45 bits per heavy atom. The lowest BCUT2D eigenvalue weighted by atomic mass is 10.1. The number of phenols is 1. The number of phenolic OH excluding ortho intramolecular Hbond substituents is 1. The van der Waals surface area contributed by atoms with Gasteiger partial charge in [-0.15, -0.1) is 11.8 Å². The van der Waals surface area contributed by atoms with Crippen LogP contribution in [0.3, 0.4) is 0 Å². The Labute approximate surface area is 121 Å². The van der Waals surface area contributed by atoms with E-state index in [1.165, 1.54) is 22.7 Å². The molecule has 20 heavy (non-hydrogen) atoms. The number of aromatic hydroxyl groups is 1. The van der Waals surface area contributed by atoms with Crippen LogP contribution < -0.4 is 0 Å². The first kappa shape index (κ1) is 14.7. The fourth-order valence-electron chi connectivity index (χ4n) is 2.23. The molecule has 1 fully saturated rings. The van der Waals surface area contributed by atoms with Gasteiger partial charge in [-0.2, -0.15) is 0 Å². The van der Waals surface area contributed by atoms with Crippen molar-refractivity contribution in [2.45, 2.75) is 31.7 Å². The Hall–Kier alpha value is -1.69. The predicted molar refractivity (Wildman–Crippen MR) is 77.0 cm³/mol.